The van der Waals surface area contributed by atoms with Gasteiger partial charge in [0.15, 0.2) is 6.61 Å². The zero-order valence-corrected chi connectivity index (χ0v) is 12.1. The minimum absolute atomic E-state index is 0.124. The van der Waals surface area contributed by atoms with Crippen molar-refractivity contribution in [2.45, 2.75) is 25.1 Å². The van der Waals surface area contributed by atoms with Crippen molar-refractivity contribution in [3.63, 3.8) is 0 Å². The molecule has 122 valence electrons. The van der Waals surface area contributed by atoms with Crippen LogP contribution in [0.25, 0.3) is 0 Å². The predicted octanol–water partition coefficient (Wildman–Crippen LogP) is 3.27. The van der Waals surface area contributed by atoms with E-state index in [1.807, 2.05) is 0 Å². The second-order valence-corrected chi connectivity index (χ2v) is 5.08. The van der Waals surface area contributed by atoms with E-state index in [4.69, 9.17) is 14.2 Å². The molecule has 0 bridgehead atoms. The van der Waals surface area contributed by atoms with Gasteiger partial charge < -0.3 is 14.2 Å². The third-order valence-electron chi connectivity index (χ3n) is 3.45. The summed E-state index contributed by atoms with van der Waals surface area (Å²) in [4.78, 5) is 11.6. The fourth-order valence-corrected chi connectivity index (χ4v) is 2.38. The van der Waals surface area contributed by atoms with Crippen LogP contribution in [0.15, 0.2) is 24.3 Å². The lowest BCUT2D eigenvalue weighted by molar-refractivity contribution is -0.153. The topological polar surface area (TPSA) is 44.8 Å². The molecule has 0 aromatic heterocycles. The summed E-state index contributed by atoms with van der Waals surface area (Å²) < 4.78 is 51.6. The van der Waals surface area contributed by atoms with Crippen LogP contribution >= 0.6 is 0 Å². The smallest absolute Gasteiger partial charge is 0.422 e. The summed E-state index contributed by atoms with van der Waals surface area (Å²) in [6, 6.07) is 6.31. The molecule has 0 N–H and O–H groups in total. The lowest BCUT2D eigenvalue weighted by Gasteiger charge is -2.28. The third-order valence-corrected chi connectivity index (χ3v) is 3.45. The molecule has 0 aliphatic carbocycles. The van der Waals surface area contributed by atoms with Crippen LogP contribution in [-0.2, 0) is 14.3 Å². The SMILES string of the molecule is COC(=O)C1CCOC(c2cccc(OCC(F)(F)F)c2)C1. The standard InChI is InChI=1S/C15H17F3O4/c1-20-14(19)11-5-6-21-13(8-11)10-3-2-4-12(7-10)22-9-15(16,17)18/h2-4,7,11,13H,5-6,8-9H2,1H3. The van der Waals surface area contributed by atoms with Gasteiger partial charge in [-0.1, -0.05) is 12.1 Å². The van der Waals surface area contributed by atoms with Crippen LogP contribution in [0.1, 0.15) is 24.5 Å². The Morgan fingerprint density at radius 1 is 1.41 bits per heavy atom. The number of rotatable bonds is 4. The van der Waals surface area contributed by atoms with E-state index in [2.05, 4.69) is 0 Å². The number of methoxy groups -OCH3 is 1. The molecule has 4 nitrogen and oxygen atoms in total. The van der Waals surface area contributed by atoms with Crippen molar-refractivity contribution in [2.24, 2.45) is 5.92 Å². The number of hydrogen-bond donors (Lipinski definition) is 0. The lowest BCUT2D eigenvalue weighted by Crippen LogP contribution is -2.26. The minimum Gasteiger partial charge on any atom is -0.484 e. The molecule has 0 amide bonds. The van der Waals surface area contributed by atoms with E-state index >= 15 is 0 Å². The highest BCUT2D eigenvalue weighted by Gasteiger charge is 2.30. The fourth-order valence-electron chi connectivity index (χ4n) is 2.38. The molecular weight excluding hydrogens is 301 g/mol. The molecule has 1 heterocycles. The third kappa shape index (κ3) is 4.62. The van der Waals surface area contributed by atoms with E-state index in [9.17, 15) is 18.0 Å². The zero-order valence-electron chi connectivity index (χ0n) is 12.1. The van der Waals surface area contributed by atoms with Crippen molar-refractivity contribution in [3.05, 3.63) is 29.8 Å². The first-order valence-electron chi connectivity index (χ1n) is 6.88. The normalized spacial score (nSPS) is 22.2. The molecule has 1 fully saturated rings. The summed E-state index contributed by atoms with van der Waals surface area (Å²) in [5.41, 5.74) is 0.688. The van der Waals surface area contributed by atoms with Gasteiger partial charge in [0.05, 0.1) is 19.1 Å². The van der Waals surface area contributed by atoms with Gasteiger partial charge >= 0.3 is 12.1 Å². The van der Waals surface area contributed by atoms with Crippen LogP contribution in [0.5, 0.6) is 5.75 Å². The number of benzene rings is 1. The summed E-state index contributed by atoms with van der Waals surface area (Å²) in [7, 11) is 1.33. The van der Waals surface area contributed by atoms with E-state index in [1.165, 1.54) is 19.2 Å². The Bertz CT molecular complexity index is 516. The summed E-state index contributed by atoms with van der Waals surface area (Å²) in [6.07, 6.45) is -3.72. The van der Waals surface area contributed by atoms with E-state index in [-0.39, 0.29) is 23.7 Å². The first kappa shape index (κ1) is 16.6. The highest BCUT2D eigenvalue weighted by atomic mass is 19.4. The molecular formula is C15H17F3O4. The summed E-state index contributed by atoms with van der Waals surface area (Å²) in [5, 5.41) is 0. The molecule has 7 heteroatoms. The fraction of sp³-hybridized carbons (Fsp3) is 0.533. The maximum atomic E-state index is 12.2. The Morgan fingerprint density at radius 3 is 2.86 bits per heavy atom. The first-order valence-corrected chi connectivity index (χ1v) is 6.88. The molecule has 0 spiro atoms. The maximum absolute atomic E-state index is 12.2. The second-order valence-electron chi connectivity index (χ2n) is 5.08. The van der Waals surface area contributed by atoms with Crippen molar-refractivity contribution in [1.29, 1.82) is 0 Å². The first-order chi connectivity index (χ1) is 10.4. The monoisotopic (exact) mass is 318 g/mol. The summed E-state index contributed by atoms with van der Waals surface area (Å²) in [6.45, 7) is -0.940. The maximum Gasteiger partial charge on any atom is 0.422 e. The van der Waals surface area contributed by atoms with Crippen molar-refractivity contribution in [2.75, 3.05) is 20.3 Å². The van der Waals surface area contributed by atoms with Gasteiger partial charge in [0, 0.05) is 6.61 Å². The molecule has 1 aromatic rings. The van der Waals surface area contributed by atoms with E-state index in [0.717, 1.165) is 0 Å². The van der Waals surface area contributed by atoms with Gasteiger partial charge in [-0.25, -0.2) is 0 Å². The quantitative estimate of drug-likeness (QED) is 0.799. The molecule has 22 heavy (non-hydrogen) atoms. The zero-order chi connectivity index (χ0) is 16.2. The molecule has 2 rings (SSSR count). The van der Waals surface area contributed by atoms with Crippen molar-refractivity contribution in [3.8, 4) is 5.75 Å². The van der Waals surface area contributed by atoms with E-state index in [1.54, 1.807) is 12.1 Å². The highest BCUT2D eigenvalue weighted by molar-refractivity contribution is 5.72. The molecule has 1 aliphatic heterocycles. The predicted molar refractivity (Wildman–Crippen MR) is 71.4 cm³/mol. The molecule has 1 saturated heterocycles. The van der Waals surface area contributed by atoms with Gasteiger partial charge in [-0.3, -0.25) is 4.79 Å². The number of carbonyl (C=O) groups excluding carboxylic acids is 1. The molecule has 2 unspecified atom stereocenters. The van der Waals surface area contributed by atoms with Crippen molar-refractivity contribution >= 4 is 5.97 Å². The second kappa shape index (κ2) is 7.00. The summed E-state index contributed by atoms with van der Waals surface area (Å²) >= 11 is 0. The highest BCUT2D eigenvalue weighted by Crippen LogP contribution is 2.33. The number of alkyl halides is 3. The number of ether oxygens (including phenoxy) is 3. The number of esters is 1. The van der Waals surface area contributed by atoms with Gasteiger partial charge in [0.2, 0.25) is 0 Å². The molecule has 0 saturated carbocycles. The summed E-state index contributed by atoms with van der Waals surface area (Å²) in [5.74, 6) is -0.431. The van der Waals surface area contributed by atoms with Crippen LogP contribution in [0.4, 0.5) is 13.2 Å². The Morgan fingerprint density at radius 2 is 2.18 bits per heavy atom. The Balaban J connectivity index is 2.04. The molecule has 1 aromatic carbocycles. The average Bonchev–Trinajstić information content (AvgIpc) is 2.52. The number of halogens is 3. The van der Waals surface area contributed by atoms with Gasteiger partial charge in [-0.15, -0.1) is 0 Å². The van der Waals surface area contributed by atoms with Crippen LogP contribution < -0.4 is 4.74 Å². The Labute approximate surface area is 126 Å². The average molecular weight is 318 g/mol. The Kier molecular flexibility index (Phi) is 5.28. The van der Waals surface area contributed by atoms with Crippen LogP contribution in [-0.4, -0.2) is 32.5 Å². The number of carbonyl (C=O) groups is 1. The van der Waals surface area contributed by atoms with Gasteiger partial charge in [0.1, 0.15) is 5.75 Å². The molecule has 0 radical (unpaired) electrons. The van der Waals surface area contributed by atoms with E-state index < -0.39 is 12.8 Å². The van der Waals surface area contributed by atoms with Gasteiger partial charge in [-0.05, 0) is 30.5 Å². The van der Waals surface area contributed by atoms with Gasteiger partial charge in [0.25, 0.3) is 0 Å². The Hall–Kier alpha value is -1.76. The van der Waals surface area contributed by atoms with Crippen LogP contribution in [0.3, 0.4) is 0 Å². The lowest BCUT2D eigenvalue weighted by atomic mass is 9.92. The van der Waals surface area contributed by atoms with Crippen molar-refractivity contribution in [1.82, 2.24) is 0 Å². The largest absolute Gasteiger partial charge is 0.484 e. The number of hydrogen-bond acceptors (Lipinski definition) is 4. The molecule has 1 aliphatic rings. The van der Waals surface area contributed by atoms with Crippen LogP contribution in [0.2, 0.25) is 0 Å². The molecule has 2 atom stereocenters. The van der Waals surface area contributed by atoms with Gasteiger partial charge in [-0.2, -0.15) is 13.2 Å². The minimum atomic E-state index is -4.38. The van der Waals surface area contributed by atoms with E-state index in [0.29, 0.717) is 25.0 Å². The van der Waals surface area contributed by atoms with Crippen molar-refractivity contribution < 1.29 is 32.2 Å². The van der Waals surface area contributed by atoms with Crippen LogP contribution in [0, 0.1) is 5.92 Å².